The lowest BCUT2D eigenvalue weighted by molar-refractivity contribution is 0.000168. The van der Waals surface area contributed by atoms with Crippen molar-refractivity contribution >= 4 is 53.5 Å². The molecule has 2 heterocycles. The van der Waals surface area contributed by atoms with Gasteiger partial charge in [0.2, 0.25) is 0 Å². The van der Waals surface area contributed by atoms with Crippen LogP contribution in [0.4, 0.5) is 16.2 Å². The first kappa shape index (κ1) is 35.3. The largest absolute Gasteiger partial charge is 0.444 e. The molecule has 1 amide bonds. The Morgan fingerprint density at radius 3 is 2.21 bits per heavy atom. The van der Waals surface area contributed by atoms with Crippen molar-refractivity contribution in [2.45, 2.75) is 73.6 Å². The molecule has 1 saturated heterocycles. The van der Waals surface area contributed by atoms with Gasteiger partial charge < -0.3 is 10.5 Å². The molecule has 14 heteroatoms. The quantitative estimate of drug-likeness (QED) is 0.133. The van der Waals surface area contributed by atoms with E-state index >= 15 is 0 Å². The number of nitrogens with zero attached hydrogens (tertiary/aromatic N) is 2. The van der Waals surface area contributed by atoms with Gasteiger partial charge in [-0.1, -0.05) is 34.1 Å². The summed E-state index contributed by atoms with van der Waals surface area (Å²) in [5.41, 5.74) is 7.03. The Hall–Kier alpha value is -3.98. The highest BCUT2D eigenvalue weighted by molar-refractivity contribution is 9.10. The number of likely N-dealkylation sites (tertiary alicyclic amines) is 1. The van der Waals surface area contributed by atoms with E-state index in [0.717, 1.165) is 5.56 Å². The van der Waals surface area contributed by atoms with Gasteiger partial charge in [0.1, 0.15) is 11.7 Å². The molecule has 0 bridgehead atoms. The number of carbonyl (C=O) groups is 1. The SMILES string of the molecule is CC(C)(C)OC(=O)N1[C@H](Cc2ccc(NS(=O)(=O)c3ccc(N)cc3)cc2)CC[C@@H]1[C@H](OS(=O)(=O)c1ccc(Br)cc1)c1cccnc1. The molecule has 254 valence electrons. The summed E-state index contributed by atoms with van der Waals surface area (Å²) in [5, 5.41) is 0. The number of nitrogens with two attached hydrogens (primary N) is 1. The molecular weight excluding hydrogens is 720 g/mol. The predicted molar refractivity (Wildman–Crippen MR) is 186 cm³/mol. The number of halogens is 1. The summed E-state index contributed by atoms with van der Waals surface area (Å²) in [5.74, 6) is 0. The van der Waals surface area contributed by atoms with Crippen LogP contribution in [-0.4, -0.2) is 50.5 Å². The second kappa shape index (κ2) is 14.2. The number of pyridine rings is 1. The number of aromatic nitrogens is 1. The van der Waals surface area contributed by atoms with Crippen LogP contribution in [0.1, 0.15) is 50.8 Å². The fourth-order valence-corrected chi connectivity index (χ4v) is 7.95. The van der Waals surface area contributed by atoms with E-state index < -0.39 is 44.0 Å². The standard InChI is InChI=1S/C34H37BrN4O7S2/c1-34(2,3)45-33(40)39-28(21-23-6-12-27(13-7-23)38-47(41,42)29-17-10-26(36)11-18-29)14-19-31(39)32(24-5-4-20-37-22-24)46-48(43,44)30-15-8-25(35)9-16-30/h4-13,15-18,20,22,28,31-32,38H,14,19,21,36H2,1-3H3/t28-,31+,32+/m0/s1. The van der Waals surface area contributed by atoms with Crippen LogP contribution in [0.25, 0.3) is 0 Å². The van der Waals surface area contributed by atoms with Crippen LogP contribution in [0.3, 0.4) is 0 Å². The highest BCUT2D eigenvalue weighted by atomic mass is 79.9. The Balaban J connectivity index is 1.42. The second-order valence-electron chi connectivity index (χ2n) is 12.5. The summed E-state index contributed by atoms with van der Waals surface area (Å²) < 4.78 is 67.9. The van der Waals surface area contributed by atoms with Gasteiger partial charge in [-0.05, 0) is 112 Å². The molecule has 1 fully saturated rings. The number of rotatable bonds is 10. The molecule has 48 heavy (non-hydrogen) atoms. The third-order valence-electron chi connectivity index (χ3n) is 7.71. The fourth-order valence-electron chi connectivity index (χ4n) is 5.53. The van der Waals surface area contributed by atoms with Gasteiger partial charge in [-0.25, -0.2) is 13.2 Å². The van der Waals surface area contributed by atoms with E-state index in [4.69, 9.17) is 14.7 Å². The lowest BCUT2D eigenvalue weighted by Crippen LogP contribution is -2.47. The molecule has 0 spiro atoms. The summed E-state index contributed by atoms with van der Waals surface area (Å²) in [6.07, 6.45) is 2.81. The van der Waals surface area contributed by atoms with Crippen molar-refractivity contribution in [3.63, 3.8) is 0 Å². The van der Waals surface area contributed by atoms with Crippen LogP contribution >= 0.6 is 15.9 Å². The van der Waals surface area contributed by atoms with Crippen molar-refractivity contribution < 1.29 is 30.6 Å². The zero-order chi connectivity index (χ0) is 34.7. The third-order valence-corrected chi connectivity index (χ3v) is 10.9. The van der Waals surface area contributed by atoms with Crippen LogP contribution in [0, 0.1) is 0 Å². The van der Waals surface area contributed by atoms with Gasteiger partial charge >= 0.3 is 6.09 Å². The molecular formula is C34H37BrN4O7S2. The maximum absolute atomic E-state index is 13.8. The summed E-state index contributed by atoms with van der Waals surface area (Å²) in [4.78, 5) is 19.7. The lowest BCUT2D eigenvalue weighted by Gasteiger charge is -2.36. The molecule has 1 aliphatic rings. The molecule has 4 aromatic rings. The normalized spacial score (nSPS) is 17.5. The molecule has 0 saturated carbocycles. The monoisotopic (exact) mass is 756 g/mol. The van der Waals surface area contributed by atoms with Gasteiger partial charge in [-0.3, -0.25) is 18.8 Å². The third kappa shape index (κ3) is 8.73. The minimum Gasteiger partial charge on any atom is -0.444 e. The Kier molecular flexibility index (Phi) is 10.5. The first-order valence-corrected chi connectivity index (χ1v) is 18.9. The van der Waals surface area contributed by atoms with Crippen molar-refractivity contribution in [1.29, 1.82) is 0 Å². The Labute approximate surface area is 289 Å². The van der Waals surface area contributed by atoms with Crippen molar-refractivity contribution in [2.75, 3.05) is 10.5 Å². The number of ether oxygens (including phenoxy) is 1. The van der Waals surface area contributed by atoms with E-state index in [0.29, 0.717) is 40.7 Å². The Morgan fingerprint density at radius 2 is 1.60 bits per heavy atom. The van der Waals surface area contributed by atoms with Crippen LogP contribution in [0.5, 0.6) is 0 Å². The molecule has 0 unspecified atom stereocenters. The highest BCUT2D eigenvalue weighted by Crippen LogP contribution is 2.39. The molecule has 3 atom stereocenters. The van der Waals surface area contributed by atoms with Crippen LogP contribution in [0.2, 0.25) is 0 Å². The van der Waals surface area contributed by atoms with Gasteiger partial charge in [-0.15, -0.1) is 0 Å². The van der Waals surface area contributed by atoms with E-state index in [1.165, 1.54) is 42.6 Å². The number of hydrogen-bond donors (Lipinski definition) is 2. The van der Waals surface area contributed by atoms with Crippen LogP contribution < -0.4 is 10.5 Å². The van der Waals surface area contributed by atoms with Gasteiger partial charge in [0.05, 0.1) is 15.8 Å². The number of anilines is 2. The van der Waals surface area contributed by atoms with Crippen molar-refractivity contribution in [3.05, 3.63) is 113 Å². The Bertz CT molecular complexity index is 1940. The van der Waals surface area contributed by atoms with Crippen molar-refractivity contribution in [3.8, 4) is 0 Å². The minimum absolute atomic E-state index is 0.0231. The highest BCUT2D eigenvalue weighted by Gasteiger charge is 2.45. The zero-order valence-electron chi connectivity index (χ0n) is 26.6. The molecule has 0 radical (unpaired) electrons. The lowest BCUT2D eigenvalue weighted by atomic mass is 10.0. The summed E-state index contributed by atoms with van der Waals surface area (Å²) in [6, 6.07) is 21.2. The summed E-state index contributed by atoms with van der Waals surface area (Å²) in [7, 11) is -8.08. The topological polar surface area (TPSA) is 158 Å². The first-order chi connectivity index (χ1) is 22.6. The molecule has 11 nitrogen and oxygen atoms in total. The molecule has 3 aromatic carbocycles. The maximum Gasteiger partial charge on any atom is 0.410 e. The fraction of sp³-hybridized carbons (Fsp3) is 0.294. The number of sulfonamides is 1. The number of carbonyl (C=O) groups excluding carboxylic acids is 1. The number of amides is 1. The number of hydrogen-bond acceptors (Lipinski definition) is 9. The van der Waals surface area contributed by atoms with Crippen LogP contribution in [-0.2, 0) is 35.5 Å². The molecule has 0 aliphatic carbocycles. The summed E-state index contributed by atoms with van der Waals surface area (Å²) in [6.45, 7) is 5.30. The van der Waals surface area contributed by atoms with Crippen molar-refractivity contribution in [2.24, 2.45) is 0 Å². The number of nitrogen functional groups attached to an aromatic ring is 1. The molecule has 1 aromatic heterocycles. The van der Waals surface area contributed by atoms with E-state index in [-0.39, 0.29) is 15.8 Å². The van der Waals surface area contributed by atoms with E-state index in [1.54, 1.807) is 80.4 Å². The smallest absolute Gasteiger partial charge is 0.410 e. The average Bonchev–Trinajstić information content (AvgIpc) is 3.44. The Morgan fingerprint density at radius 1 is 0.958 bits per heavy atom. The van der Waals surface area contributed by atoms with E-state index in [9.17, 15) is 21.6 Å². The van der Waals surface area contributed by atoms with E-state index in [2.05, 4.69) is 25.6 Å². The zero-order valence-corrected chi connectivity index (χ0v) is 29.8. The van der Waals surface area contributed by atoms with Crippen LogP contribution in [0.15, 0.2) is 112 Å². The maximum atomic E-state index is 13.8. The average molecular weight is 758 g/mol. The second-order valence-corrected chi connectivity index (χ2v) is 16.6. The minimum atomic E-state index is -4.25. The summed E-state index contributed by atoms with van der Waals surface area (Å²) >= 11 is 3.33. The molecule has 3 N–H and O–H groups in total. The molecule has 5 rings (SSSR count). The van der Waals surface area contributed by atoms with Gasteiger partial charge in [0.25, 0.3) is 20.1 Å². The van der Waals surface area contributed by atoms with E-state index in [1.807, 2.05) is 0 Å². The molecule has 1 aliphatic heterocycles. The van der Waals surface area contributed by atoms with Crippen molar-refractivity contribution in [1.82, 2.24) is 9.88 Å². The first-order valence-electron chi connectivity index (χ1n) is 15.2. The van der Waals surface area contributed by atoms with Gasteiger partial charge in [0, 0.05) is 39.8 Å². The van der Waals surface area contributed by atoms with Gasteiger partial charge in [0.15, 0.2) is 0 Å². The van der Waals surface area contributed by atoms with Gasteiger partial charge in [-0.2, -0.15) is 8.42 Å². The predicted octanol–water partition coefficient (Wildman–Crippen LogP) is 6.68. The number of nitrogens with one attached hydrogen (secondary N) is 1. The number of benzene rings is 3.